The molecule has 0 bridgehead atoms. The number of pyridine rings is 2. The lowest BCUT2D eigenvalue weighted by Crippen LogP contribution is -2.00. The minimum atomic E-state index is 0.639. The van der Waals surface area contributed by atoms with Gasteiger partial charge in [0.15, 0.2) is 17.5 Å². The van der Waals surface area contributed by atoms with Gasteiger partial charge in [0.05, 0.1) is 5.69 Å². The molecule has 5 nitrogen and oxygen atoms in total. The Kier molecular flexibility index (Phi) is 5.78. The molecule has 3 aromatic carbocycles. The van der Waals surface area contributed by atoms with Gasteiger partial charge < -0.3 is 0 Å². The fourth-order valence-corrected chi connectivity index (χ4v) is 4.01. The minimum absolute atomic E-state index is 0.639. The minimum Gasteiger partial charge on any atom is -0.265 e. The van der Waals surface area contributed by atoms with Crippen LogP contribution < -0.4 is 0 Å². The van der Waals surface area contributed by atoms with Crippen LogP contribution in [0.5, 0.6) is 0 Å². The Bertz CT molecular complexity index is 1530. The zero-order chi connectivity index (χ0) is 24.2. The van der Waals surface area contributed by atoms with Gasteiger partial charge in [0.25, 0.3) is 0 Å². The van der Waals surface area contributed by atoms with E-state index in [4.69, 9.17) is 15.0 Å². The SMILES string of the molecule is c1ccc(-c2nc(-c3ccccc3)nc(-c3ccc(-c4ccc(-c5ccncc5)nc4)cc3)n2)cc1. The van der Waals surface area contributed by atoms with Crippen LogP contribution in [0.2, 0.25) is 0 Å². The van der Waals surface area contributed by atoms with E-state index >= 15 is 0 Å². The number of aromatic nitrogens is 5. The molecule has 0 N–H and O–H groups in total. The van der Waals surface area contributed by atoms with Crippen molar-refractivity contribution >= 4 is 0 Å². The van der Waals surface area contributed by atoms with Crippen molar-refractivity contribution in [2.45, 2.75) is 0 Å². The van der Waals surface area contributed by atoms with Gasteiger partial charge in [-0.2, -0.15) is 0 Å². The first kappa shape index (κ1) is 21.5. The first-order valence-electron chi connectivity index (χ1n) is 11.7. The molecule has 0 aliphatic carbocycles. The second-order valence-corrected chi connectivity index (χ2v) is 8.28. The van der Waals surface area contributed by atoms with Crippen LogP contribution in [-0.2, 0) is 0 Å². The predicted molar refractivity (Wildman–Crippen MR) is 143 cm³/mol. The molecule has 3 aromatic heterocycles. The molecular weight excluding hydrogens is 442 g/mol. The normalized spacial score (nSPS) is 10.8. The van der Waals surface area contributed by atoms with Gasteiger partial charge in [-0.1, -0.05) is 91.0 Å². The van der Waals surface area contributed by atoms with Gasteiger partial charge in [-0.15, -0.1) is 0 Å². The van der Waals surface area contributed by atoms with Crippen molar-refractivity contribution < 1.29 is 0 Å². The molecule has 0 spiro atoms. The summed E-state index contributed by atoms with van der Waals surface area (Å²) in [5.41, 5.74) is 6.93. The molecule has 6 rings (SSSR count). The van der Waals surface area contributed by atoms with Crippen LogP contribution in [0.25, 0.3) is 56.5 Å². The first-order chi connectivity index (χ1) is 17.8. The van der Waals surface area contributed by atoms with Crippen molar-refractivity contribution in [2.75, 3.05) is 0 Å². The highest BCUT2D eigenvalue weighted by Crippen LogP contribution is 2.27. The standard InChI is InChI=1S/C31H21N5/c1-3-7-24(8-4-1)29-34-30(25-9-5-2-6-10-25)36-31(35-29)26-13-11-22(12-14-26)27-15-16-28(33-21-27)23-17-19-32-20-18-23/h1-21H. The molecular formula is C31H21N5. The summed E-state index contributed by atoms with van der Waals surface area (Å²) in [6.45, 7) is 0. The fraction of sp³-hybridized carbons (Fsp3) is 0. The van der Waals surface area contributed by atoms with Gasteiger partial charge in [0.1, 0.15) is 0 Å². The first-order valence-corrected chi connectivity index (χ1v) is 11.7. The smallest absolute Gasteiger partial charge is 0.164 e. The van der Waals surface area contributed by atoms with E-state index < -0.39 is 0 Å². The third-order valence-corrected chi connectivity index (χ3v) is 5.92. The molecule has 0 unspecified atom stereocenters. The predicted octanol–water partition coefficient (Wildman–Crippen LogP) is 7.00. The highest BCUT2D eigenvalue weighted by Gasteiger charge is 2.12. The zero-order valence-electron chi connectivity index (χ0n) is 19.4. The molecule has 0 aliphatic rings. The Morgan fingerprint density at radius 2 is 0.833 bits per heavy atom. The second kappa shape index (κ2) is 9.68. The lowest BCUT2D eigenvalue weighted by Gasteiger charge is -2.09. The summed E-state index contributed by atoms with van der Waals surface area (Å²) < 4.78 is 0. The number of hydrogen-bond donors (Lipinski definition) is 0. The monoisotopic (exact) mass is 463 g/mol. The van der Waals surface area contributed by atoms with Crippen LogP contribution in [0.15, 0.2) is 128 Å². The highest BCUT2D eigenvalue weighted by atomic mass is 15.0. The van der Waals surface area contributed by atoms with Crippen LogP contribution in [-0.4, -0.2) is 24.9 Å². The molecule has 170 valence electrons. The number of benzene rings is 3. The number of nitrogens with zero attached hydrogens (tertiary/aromatic N) is 5. The summed E-state index contributed by atoms with van der Waals surface area (Å²) in [6, 6.07) is 36.3. The van der Waals surface area contributed by atoms with Crippen molar-refractivity contribution in [3.05, 3.63) is 128 Å². The molecule has 0 aliphatic heterocycles. The summed E-state index contributed by atoms with van der Waals surface area (Å²) in [5.74, 6) is 1.94. The lowest BCUT2D eigenvalue weighted by atomic mass is 10.0. The van der Waals surface area contributed by atoms with E-state index in [1.54, 1.807) is 12.4 Å². The molecule has 0 saturated carbocycles. The second-order valence-electron chi connectivity index (χ2n) is 8.28. The molecule has 0 saturated heterocycles. The third-order valence-electron chi connectivity index (χ3n) is 5.92. The van der Waals surface area contributed by atoms with Gasteiger partial charge in [-0.3, -0.25) is 9.97 Å². The highest BCUT2D eigenvalue weighted by molar-refractivity contribution is 5.71. The fourth-order valence-electron chi connectivity index (χ4n) is 4.01. The molecule has 0 radical (unpaired) electrons. The van der Waals surface area contributed by atoms with E-state index in [2.05, 4.69) is 28.2 Å². The molecule has 6 aromatic rings. The van der Waals surface area contributed by atoms with Crippen LogP contribution in [0, 0.1) is 0 Å². The van der Waals surface area contributed by atoms with E-state index in [0.29, 0.717) is 17.5 Å². The average Bonchev–Trinajstić information content (AvgIpc) is 2.98. The maximum absolute atomic E-state index is 4.81. The Hall–Kier alpha value is -5.03. The van der Waals surface area contributed by atoms with Crippen molar-refractivity contribution in [2.24, 2.45) is 0 Å². The van der Waals surface area contributed by atoms with E-state index in [0.717, 1.165) is 39.1 Å². The Morgan fingerprint density at radius 1 is 0.361 bits per heavy atom. The van der Waals surface area contributed by atoms with Crippen LogP contribution in [0.1, 0.15) is 0 Å². The van der Waals surface area contributed by atoms with E-state index in [1.165, 1.54) is 0 Å². The van der Waals surface area contributed by atoms with Gasteiger partial charge in [0.2, 0.25) is 0 Å². The van der Waals surface area contributed by atoms with Gasteiger partial charge in [0, 0.05) is 46.4 Å². The molecule has 0 fully saturated rings. The maximum atomic E-state index is 4.81. The summed E-state index contributed by atoms with van der Waals surface area (Å²) in [7, 11) is 0. The molecule has 5 heteroatoms. The topological polar surface area (TPSA) is 64.5 Å². The van der Waals surface area contributed by atoms with E-state index in [-0.39, 0.29) is 0 Å². The van der Waals surface area contributed by atoms with Gasteiger partial charge in [-0.25, -0.2) is 15.0 Å². The summed E-state index contributed by atoms with van der Waals surface area (Å²) in [5, 5.41) is 0. The van der Waals surface area contributed by atoms with E-state index in [1.807, 2.05) is 97.2 Å². The Labute approximate surface area is 209 Å². The number of rotatable bonds is 5. The molecule has 3 heterocycles. The molecule has 36 heavy (non-hydrogen) atoms. The molecule has 0 atom stereocenters. The summed E-state index contributed by atoms with van der Waals surface area (Å²) in [4.78, 5) is 23.1. The van der Waals surface area contributed by atoms with Crippen molar-refractivity contribution in [3.8, 4) is 56.5 Å². The summed E-state index contributed by atoms with van der Waals surface area (Å²) >= 11 is 0. The Morgan fingerprint density at radius 3 is 1.33 bits per heavy atom. The average molecular weight is 464 g/mol. The quantitative estimate of drug-likeness (QED) is 0.275. The summed E-state index contributed by atoms with van der Waals surface area (Å²) in [6.07, 6.45) is 5.45. The van der Waals surface area contributed by atoms with Gasteiger partial charge >= 0.3 is 0 Å². The van der Waals surface area contributed by atoms with Crippen molar-refractivity contribution in [1.82, 2.24) is 24.9 Å². The van der Waals surface area contributed by atoms with Crippen LogP contribution in [0.3, 0.4) is 0 Å². The van der Waals surface area contributed by atoms with Crippen LogP contribution in [0.4, 0.5) is 0 Å². The van der Waals surface area contributed by atoms with Gasteiger partial charge in [-0.05, 0) is 23.8 Å². The largest absolute Gasteiger partial charge is 0.265 e. The van der Waals surface area contributed by atoms with Crippen molar-refractivity contribution in [3.63, 3.8) is 0 Å². The third kappa shape index (κ3) is 4.50. The Balaban J connectivity index is 1.35. The lowest BCUT2D eigenvalue weighted by molar-refractivity contribution is 1.07. The molecule has 0 amide bonds. The maximum Gasteiger partial charge on any atom is 0.164 e. The van der Waals surface area contributed by atoms with Crippen molar-refractivity contribution in [1.29, 1.82) is 0 Å². The van der Waals surface area contributed by atoms with E-state index in [9.17, 15) is 0 Å². The zero-order valence-corrected chi connectivity index (χ0v) is 19.4. The van der Waals surface area contributed by atoms with Crippen LogP contribution >= 0.6 is 0 Å². The number of hydrogen-bond acceptors (Lipinski definition) is 5.